The second-order valence-electron chi connectivity index (χ2n) is 4.04. The first-order chi connectivity index (χ1) is 6.24. The van der Waals surface area contributed by atoms with Crippen LogP contribution in [0.4, 0.5) is 0 Å². The van der Waals surface area contributed by atoms with Crippen LogP contribution in [0.5, 0.6) is 0 Å². The van der Waals surface area contributed by atoms with Crippen LogP contribution in [-0.4, -0.2) is 43.6 Å². The molecule has 1 fully saturated rings. The molecule has 0 spiro atoms. The molecule has 0 amide bonds. The van der Waals surface area contributed by atoms with E-state index in [9.17, 15) is 0 Å². The Balaban J connectivity index is 2.24. The minimum Gasteiger partial charge on any atom is -0.381 e. The maximum absolute atomic E-state index is 5.78. The normalized spacial score (nSPS) is 22.2. The maximum Gasteiger partial charge on any atom is 0.0480 e. The van der Waals surface area contributed by atoms with Crippen LogP contribution in [-0.2, 0) is 4.74 Å². The number of hydrogen-bond acceptors (Lipinski definition) is 2. The van der Waals surface area contributed by atoms with Crippen LogP contribution >= 0.6 is 11.6 Å². The third-order valence-corrected chi connectivity index (χ3v) is 3.20. The molecular weight excluding hydrogens is 186 g/mol. The van der Waals surface area contributed by atoms with Gasteiger partial charge in [-0.05, 0) is 25.8 Å². The van der Waals surface area contributed by atoms with Gasteiger partial charge in [-0.15, -0.1) is 11.6 Å². The SMILES string of the molecule is CC(CCl)CN(C)C1CCOCC1. The summed E-state index contributed by atoms with van der Waals surface area (Å²) >= 11 is 5.78. The van der Waals surface area contributed by atoms with Crippen LogP contribution in [0.25, 0.3) is 0 Å². The summed E-state index contributed by atoms with van der Waals surface area (Å²) in [6.07, 6.45) is 2.34. The summed E-state index contributed by atoms with van der Waals surface area (Å²) in [5, 5.41) is 0. The molecule has 0 saturated carbocycles. The van der Waals surface area contributed by atoms with Gasteiger partial charge in [-0.25, -0.2) is 0 Å². The lowest BCUT2D eigenvalue weighted by molar-refractivity contribution is 0.0399. The van der Waals surface area contributed by atoms with Crippen molar-refractivity contribution < 1.29 is 4.74 Å². The summed E-state index contributed by atoms with van der Waals surface area (Å²) in [5.41, 5.74) is 0. The Bertz CT molecular complexity index is 137. The van der Waals surface area contributed by atoms with E-state index in [-0.39, 0.29) is 0 Å². The van der Waals surface area contributed by atoms with Crippen LogP contribution in [0.2, 0.25) is 0 Å². The molecule has 3 heteroatoms. The standard InChI is InChI=1S/C10H20ClNO/c1-9(7-11)8-12(2)10-3-5-13-6-4-10/h9-10H,3-8H2,1-2H3. The van der Waals surface area contributed by atoms with Gasteiger partial charge in [-0.3, -0.25) is 0 Å². The third kappa shape index (κ3) is 3.84. The predicted octanol–water partition coefficient (Wildman–Crippen LogP) is 1.97. The van der Waals surface area contributed by atoms with Crippen molar-refractivity contribution in [2.45, 2.75) is 25.8 Å². The molecule has 0 aliphatic carbocycles. The Morgan fingerprint density at radius 3 is 2.62 bits per heavy atom. The molecule has 13 heavy (non-hydrogen) atoms. The lowest BCUT2D eigenvalue weighted by atomic mass is 10.1. The monoisotopic (exact) mass is 205 g/mol. The van der Waals surface area contributed by atoms with E-state index in [0.717, 1.165) is 25.6 Å². The topological polar surface area (TPSA) is 12.5 Å². The van der Waals surface area contributed by atoms with E-state index in [4.69, 9.17) is 16.3 Å². The van der Waals surface area contributed by atoms with E-state index in [1.807, 2.05) is 0 Å². The first kappa shape index (κ1) is 11.3. The molecule has 1 unspecified atom stereocenters. The zero-order valence-corrected chi connectivity index (χ0v) is 9.39. The highest BCUT2D eigenvalue weighted by Gasteiger charge is 2.19. The van der Waals surface area contributed by atoms with Crippen LogP contribution < -0.4 is 0 Å². The first-order valence-corrected chi connectivity index (χ1v) is 5.61. The van der Waals surface area contributed by atoms with Gasteiger partial charge in [0, 0.05) is 31.7 Å². The van der Waals surface area contributed by atoms with E-state index in [1.54, 1.807) is 0 Å². The summed E-state index contributed by atoms with van der Waals surface area (Å²) in [6.45, 7) is 5.14. The number of hydrogen-bond donors (Lipinski definition) is 0. The summed E-state index contributed by atoms with van der Waals surface area (Å²) in [5.74, 6) is 1.35. The van der Waals surface area contributed by atoms with Crippen LogP contribution in [0.15, 0.2) is 0 Å². The van der Waals surface area contributed by atoms with Crippen molar-refractivity contribution in [2.75, 3.05) is 32.7 Å². The summed E-state index contributed by atoms with van der Waals surface area (Å²) in [6, 6.07) is 0.708. The van der Waals surface area contributed by atoms with Crippen molar-refractivity contribution in [2.24, 2.45) is 5.92 Å². The molecule has 1 rings (SSSR count). The number of nitrogens with zero attached hydrogens (tertiary/aromatic N) is 1. The minimum absolute atomic E-state index is 0.592. The highest BCUT2D eigenvalue weighted by atomic mass is 35.5. The van der Waals surface area contributed by atoms with Crippen LogP contribution in [0, 0.1) is 5.92 Å². The van der Waals surface area contributed by atoms with Gasteiger partial charge in [0.05, 0.1) is 0 Å². The van der Waals surface area contributed by atoms with E-state index < -0.39 is 0 Å². The summed E-state index contributed by atoms with van der Waals surface area (Å²) in [4.78, 5) is 2.43. The van der Waals surface area contributed by atoms with E-state index >= 15 is 0 Å². The lowest BCUT2D eigenvalue weighted by Gasteiger charge is -2.32. The zero-order valence-electron chi connectivity index (χ0n) is 8.63. The van der Waals surface area contributed by atoms with Crippen molar-refractivity contribution >= 4 is 11.6 Å². The zero-order chi connectivity index (χ0) is 9.68. The minimum atomic E-state index is 0.592. The van der Waals surface area contributed by atoms with Crippen molar-refractivity contribution in [3.63, 3.8) is 0 Å². The fourth-order valence-electron chi connectivity index (χ4n) is 1.82. The smallest absolute Gasteiger partial charge is 0.0480 e. The van der Waals surface area contributed by atoms with E-state index in [2.05, 4.69) is 18.9 Å². The molecule has 0 N–H and O–H groups in total. The van der Waals surface area contributed by atoms with Gasteiger partial charge in [-0.1, -0.05) is 6.92 Å². The predicted molar refractivity (Wildman–Crippen MR) is 56.4 cm³/mol. The molecule has 0 bridgehead atoms. The highest BCUT2D eigenvalue weighted by Crippen LogP contribution is 2.14. The average molecular weight is 206 g/mol. The molecular formula is C10H20ClNO. The lowest BCUT2D eigenvalue weighted by Crippen LogP contribution is -2.39. The average Bonchev–Trinajstić information content (AvgIpc) is 2.19. The third-order valence-electron chi connectivity index (χ3n) is 2.68. The fourth-order valence-corrected chi connectivity index (χ4v) is 1.91. The maximum atomic E-state index is 5.78. The van der Waals surface area contributed by atoms with E-state index in [1.165, 1.54) is 12.8 Å². The molecule has 2 nitrogen and oxygen atoms in total. The van der Waals surface area contributed by atoms with Gasteiger partial charge < -0.3 is 9.64 Å². The second-order valence-corrected chi connectivity index (χ2v) is 4.35. The molecule has 1 aliphatic heterocycles. The van der Waals surface area contributed by atoms with Gasteiger partial charge in [0.2, 0.25) is 0 Å². The number of ether oxygens (including phenoxy) is 1. The van der Waals surface area contributed by atoms with Crippen molar-refractivity contribution in [3.05, 3.63) is 0 Å². The van der Waals surface area contributed by atoms with Gasteiger partial charge in [-0.2, -0.15) is 0 Å². The largest absolute Gasteiger partial charge is 0.381 e. The van der Waals surface area contributed by atoms with Gasteiger partial charge >= 0.3 is 0 Å². The Morgan fingerprint density at radius 2 is 2.08 bits per heavy atom. The Morgan fingerprint density at radius 1 is 1.46 bits per heavy atom. The molecule has 0 radical (unpaired) electrons. The second kappa shape index (κ2) is 5.84. The van der Waals surface area contributed by atoms with Gasteiger partial charge in [0.15, 0.2) is 0 Å². The van der Waals surface area contributed by atoms with Crippen LogP contribution in [0.1, 0.15) is 19.8 Å². The van der Waals surface area contributed by atoms with Crippen molar-refractivity contribution in [3.8, 4) is 0 Å². The van der Waals surface area contributed by atoms with Gasteiger partial charge in [0.1, 0.15) is 0 Å². The molecule has 1 saturated heterocycles. The summed E-state index contributed by atoms with van der Waals surface area (Å²) in [7, 11) is 2.19. The highest BCUT2D eigenvalue weighted by molar-refractivity contribution is 6.18. The van der Waals surface area contributed by atoms with Crippen molar-refractivity contribution in [1.82, 2.24) is 4.90 Å². The number of halogens is 1. The van der Waals surface area contributed by atoms with Crippen LogP contribution in [0.3, 0.4) is 0 Å². The molecule has 1 atom stereocenters. The first-order valence-electron chi connectivity index (χ1n) is 5.08. The Labute approximate surface area is 86.2 Å². The molecule has 1 aliphatic rings. The number of alkyl halides is 1. The fraction of sp³-hybridized carbons (Fsp3) is 1.00. The van der Waals surface area contributed by atoms with E-state index in [0.29, 0.717) is 12.0 Å². The molecule has 1 heterocycles. The summed E-state index contributed by atoms with van der Waals surface area (Å²) < 4.78 is 5.33. The Kier molecular flexibility index (Phi) is 5.07. The van der Waals surface area contributed by atoms with Gasteiger partial charge in [0.25, 0.3) is 0 Å². The molecule has 0 aromatic heterocycles. The molecule has 78 valence electrons. The van der Waals surface area contributed by atoms with Crippen molar-refractivity contribution in [1.29, 1.82) is 0 Å². The molecule has 0 aromatic rings. The Hall–Kier alpha value is 0.210. The molecule has 0 aromatic carbocycles. The quantitative estimate of drug-likeness (QED) is 0.651. The number of rotatable bonds is 4.